The molecule has 1 N–H and O–H groups in total. The molecule has 0 radical (unpaired) electrons. The van der Waals surface area contributed by atoms with Gasteiger partial charge in [-0.15, -0.1) is 0 Å². The van der Waals surface area contributed by atoms with Crippen molar-refractivity contribution >= 4 is 11.9 Å². The fourth-order valence-corrected chi connectivity index (χ4v) is 5.02. The maximum atomic E-state index is 14.0. The SMILES string of the molecule is COC(=O)C(NC(=O)[C@@H](C)N1[C@H](c2ccccc2)COC1(C)C)(c1ccccc1)c1ccccc1. The third-order valence-electron chi connectivity index (χ3n) is 6.75. The lowest BCUT2D eigenvalue weighted by atomic mass is 9.82. The minimum absolute atomic E-state index is 0.104. The van der Waals surface area contributed by atoms with E-state index in [-0.39, 0.29) is 11.9 Å². The maximum Gasteiger partial charge on any atom is 0.341 e. The highest BCUT2D eigenvalue weighted by atomic mass is 16.5. The molecule has 3 aromatic rings. The van der Waals surface area contributed by atoms with E-state index in [0.29, 0.717) is 17.7 Å². The largest absolute Gasteiger partial charge is 0.467 e. The van der Waals surface area contributed by atoms with Gasteiger partial charge < -0.3 is 14.8 Å². The normalized spacial score (nSPS) is 18.6. The van der Waals surface area contributed by atoms with Gasteiger partial charge in [0.2, 0.25) is 5.91 Å². The Morgan fingerprint density at radius 2 is 1.43 bits per heavy atom. The van der Waals surface area contributed by atoms with Crippen molar-refractivity contribution in [3.63, 3.8) is 0 Å². The lowest BCUT2D eigenvalue weighted by molar-refractivity contribution is -0.151. The van der Waals surface area contributed by atoms with Crippen LogP contribution in [0, 0.1) is 0 Å². The molecule has 1 fully saturated rings. The zero-order valence-corrected chi connectivity index (χ0v) is 20.6. The molecule has 4 rings (SSSR count). The van der Waals surface area contributed by atoms with Gasteiger partial charge in [-0.05, 0) is 37.5 Å². The lowest BCUT2D eigenvalue weighted by Crippen LogP contribution is -2.59. The van der Waals surface area contributed by atoms with Crippen LogP contribution in [0.15, 0.2) is 91.0 Å². The summed E-state index contributed by atoms with van der Waals surface area (Å²) in [6.45, 7) is 6.23. The quantitative estimate of drug-likeness (QED) is 0.516. The number of nitrogens with zero attached hydrogens (tertiary/aromatic N) is 1. The molecule has 182 valence electrons. The smallest absolute Gasteiger partial charge is 0.341 e. The number of hydrogen-bond acceptors (Lipinski definition) is 5. The first-order chi connectivity index (χ1) is 16.8. The van der Waals surface area contributed by atoms with Crippen molar-refractivity contribution in [2.45, 2.75) is 44.1 Å². The molecule has 35 heavy (non-hydrogen) atoms. The van der Waals surface area contributed by atoms with E-state index in [1.54, 1.807) is 0 Å². The van der Waals surface area contributed by atoms with Crippen LogP contribution >= 0.6 is 0 Å². The van der Waals surface area contributed by atoms with E-state index in [0.717, 1.165) is 5.56 Å². The highest BCUT2D eigenvalue weighted by molar-refractivity contribution is 5.94. The topological polar surface area (TPSA) is 67.9 Å². The molecule has 6 nitrogen and oxygen atoms in total. The summed E-state index contributed by atoms with van der Waals surface area (Å²) in [5.74, 6) is -0.866. The third kappa shape index (κ3) is 4.59. The van der Waals surface area contributed by atoms with Crippen molar-refractivity contribution < 1.29 is 19.1 Å². The Balaban J connectivity index is 1.76. The minimum Gasteiger partial charge on any atom is -0.467 e. The fourth-order valence-electron chi connectivity index (χ4n) is 5.02. The summed E-state index contributed by atoms with van der Waals surface area (Å²) < 4.78 is 11.4. The number of nitrogens with one attached hydrogen (secondary N) is 1. The van der Waals surface area contributed by atoms with Crippen LogP contribution in [0.3, 0.4) is 0 Å². The standard InChI is InChI=1S/C29H32N2O4/c1-21(31-25(20-35-28(31,2)3)22-14-8-5-9-15-22)26(32)30-29(27(33)34-4,23-16-10-6-11-17-23)24-18-12-7-13-19-24/h5-19,21,25H,20H2,1-4H3,(H,30,32)/t21-,25+/m1/s1. The molecule has 1 aliphatic heterocycles. The number of hydrogen-bond donors (Lipinski definition) is 1. The number of methoxy groups -OCH3 is 1. The van der Waals surface area contributed by atoms with Crippen molar-refractivity contribution in [1.82, 2.24) is 10.2 Å². The van der Waals surface area contributed by atoms with Crippen LogP contribution in [0.25, 0.3) is 0 Å². The van der Waals surface area contributed by atoms with E-state index in [1.807, 2.05) is 112 Å². The number of benzene rings is 3. The van der Waals surface area contributed by atoms with E-state index in [9.17, 15) is 9.59 Å². The van der Waals surface area contributed by atoms with Crippen molar-refractivity contribution in [3.05, 3.63) is 108 Å². The van der Waals surface area contributed by atoms with E-state index in [1.165, 1.54) is 7.11 Å². The molecule has 1 aliphatic rings. The Bertz CT molecular complexity index is 1110. The Morgan fingerprint density at radius 1 is 0.943 bits per heavy atom. The van der Waals surface area contributed by atoms with Gasteiger partial charge in [-0.25, -0.2) is 4.79 Å². The number of rotatable bonds is 7. The van der Waals surface area contributed by atoms with Crippen molar-refractivity contribution in [2.24, 2.45) is 0 Å². The van der Waals surface area contributed by atoms with Gasteiger partial charge in [0, 0.05) is 0 Å². The molecule has 1 heterocycles. The number of esters is 1. The van der Waals surface area contributed by atoms with Crippen molar-refractivity contribution in [2.75, 3.05) is 13.7 Å². The maximum absolute atomic E-state index is 14.0. The van der Waals surface area contributed by atoms with Gasteiger partial charge in [-0.2, -0.15) is 0 Å². The molecule has 0 aromatic heterocycles. The second kappa shape index (κ2) is 10.0. The second-order valence-electron chi connectivity index (χ2n) is 9.23. The first-order valence-electron chi connectivity index (χ1n) is 11.8. The van der Waals surface area contributed by atoms with Gasteiger partial charge in [0.05, 0.1) is 25.8 Å². The lowest BCUT2D eigenvalue weighted by Gasteiger charge is -2.40. The fraction of sp³-hybridized carbons (Fsp3) is 0.310. The summed E-state index contributed by atoms with van der Waals surface area (Å²) >= 11 is 0. The van der Waals surface area contributed by atoms with Crippen LogP contribution < -0.4 is 5.32 Å². The average molecular weight is 473 g/mol. The number of ether oxygens (including phenoxy) is 2. The Hall–Kier alpha value is -3.48. The van der Waals surface area contributed by atoms with Crippen molar-refractivity contribution in [3.8, 4) is 0 Å². The minimum atomic E-state index is -1.50. The molecule has 0 aliphatic carbocycles. The first kappa shape index (κ1) is 24.6. The monoisotopic (exact) mass is 472 g/mol. The molecular weight excluding hydrogens is 440 g/mol. The van der Waals surface area contributed by atoms with Crippen molar-refractivity contribution in [1.29, 1.82) is 0 Å². The molecule has 0 bridgehead atoms. The van der Waals surface area contributed by atoms with Gasteiger partial charge in [-0.1, -0.05) is 91.0 Å². The summed E-state index contributed by atoms with van der Waals surface area (Å²) in [4.78, 5) is 29.5. The number of carbonyl (C=O) groups is 2. The highest BCUT2D eigenvalue weighted by Gasteiger charge is 2.49. The molecule has 0 unspecified atom stereocenters. The molecule has 6 heteroatoms. The molecular formula is C29H32N2O4. The van der Waals surface area contributed by atoms with Gasteiger partial charge in [-0.3, -0.25) is 9.69 Å². The van der Waals surface area contributed by atoms with Crippen LogP contribution in [0.1, 0.15) is 43.5 Å². The van der Waals surface area contributed by atoms with Gasteiger partial charge in [0.25, 0.3) is 0 Å². The van der Waals surface area contributed by atoms with Crippen LogP contribution in [0.4, 0.5) is 0 Å². The van der Waals surface area contributed by atoms with Crippen LogP contribution in [0.5, 0.6) is 0 Å². The first-order valence-corrected chi connectivity index (χ1v) is 11.8. The molecule has 1 amide bonds. The Labute approximate surface area is 206 Å². The van der Waals surface area contributed by atoms with E-state index in [2.05, 4.69) is 10.2 Å². The Morgan fingerprint density at radius 3 is 1.91 bits per heavy atom. The molecule has 3 aromatic carbocycles. The zero-order valence-electron chi connectivity index (χ0n) is 20.6. The number of carbonyl (C=O) groups excluding carboxylic acids is 2. The van der Waals surface area contributed by atoms with Gasteiger partial charge >= 0.3 is 5.97 Å². The van der Waals surface area contributed by atoms with E-state index >= 15 is 0 Å². The average Bonchev–Trinajstić information content (AvgIpc) is 3.22. The zero-order chi connectivity index (χ0) is 25.1. The van der Waals surface area contributed by atoms with E-state index in [4.69, 9.17) is 9.47 Å². The molecule has 0 spiro atoms. The summed E-state index contributed by atoms with van der Waals surface area (Å²) in [7, 11) is 1.33. The molecule has 1 saturated heterocycles. The summed E-state index contributed by atoms with van der Waals surface area (Å²) in [6, 6.07) is 27.7. The van der Waals surface area contributed by atoms with Crippen LogP contribution in [0.2, 0.25) is 0 Å². The van der Waals surface area contributed by atoms with Crippen LogP contribution in [-0.4, -0.2) is 42.3 Å². The number of amides is 1. The van der Waals surface area contributed by atoms with Crippen LogP contribution in [-0.2, 0) is 24.6 Å². The third-order valence-corrected chi connectivity index (χ3v) is 6.75. The predicted molar refractivity (Wildman–Crippen MR) is 134 cm³/mol. The van der Waals surface area contributed by atoms with E-state index < -0.39 is 23.3 Å². The summed E-state index contributed by atoms with van der Waals surface area (Å²) in [6.07, 6.45) is 0. The van der Waals surface area contributed by atoms with Gasteiger partial charge in [0.1, 0.15) is 5.72 Å². The Kier molecular flexibility index (Phi) is 7.05. The molecule has 2 atom stereocenters. The van der Waals surface area contributed by atoms with Gasteiger partial charge in [0.15, 0.2) is 5.54 Å². The summed E-state index contributed by atoms with van der Waals surface area (Å²) in [5, 5.41) is 3.09. The predicted octanol–water partition coefficient (Wildman–Crippen LogP) is 4.42. The molecule has 0 saturated carbocycles. The second-order valence-corrected chi connectivity index (χ2v) is 9.23. The highest BCUT2D eigenvalue weighted by Crippen LogP contribution is 2.39. The summed E-state index contributed by atoms with van der Waals surface area (Å²) in [5.41, 5.74) is 0.133.